The lowest BCUT2D eigenvalue weighted by Crippen LogP contribution is -2.08. The van der Waals surface area contributed by atoms with Gasteiger partial charge in [0.1, 0.15) is 5.76 Å². The lowest BCUT2D eigenvalue weighted by molar-refractivity contribution is 0.582. The first-order valence-corrected chi connectivity index (χ1v) is 10.4. The van der Waals surface area contributed by atoms with Crippen LogP contribution < -0.4 is 4.90 Å². The molecule has 0 bridgehead atoms. The molecule has 0 saturated carbocycles. The molecule has 0 atom stereocenters. The first-order valence-electron chi connectivity index (χ1n) is 10.4. The predicted octanol–water partition coefficient (Wildman–Crippen LogP) is 8.05. The molecule has 1 aromatic heterocycles. The summed E-state index contributed by atoms with van der Waals surface area (Å²) in [6.07, 6.45) is 1.71. The molecule has 1 heterocycles. The molecule has 0 aliphatic heterocycles. The van der Waals surface area contributed by atoms with Crippen molar-refractivity contribution in [1.29, 1.82) is 0 Å². The predicted molar refractivity (Wildman–Crippen MR) is 130 cm³/mol. The summed E-state index contributed by atoms with van der Waals surface area (Å²) in [4.78, 5) is 2.21. The molecule has 2 nitrogen and oxygen atoms in total. The first-order chi connectivity index (χ1) is 15.3. The van der Waals surface area contributed by atoms with Crippen molar-refractivity contribution >= 4 is 11.4 Å². The molecule has 0 aliphatic rings. The Morgan fingerprint density at radius 3 is 1.65 bits per heavy atom. The smallest absolute Gasteiger partial charge is 0.133 e. The Morgan fingerprint density at radius 2 is 1.03 bits per heavy atom. The highest BCUT2D eigenvalue weighted by Crippen LogP contribution is 2.31. The fraction of sp³-hybridized carbons (Fsp3) is 0.0345. The third-order valence-corrected chi connectivity index (χ3v) is 5.62. The molecule has 0 N–H and O–H groups in total. The highest BCUT2D eigenvalue weighted by molar-refractivity contribution is 5.74. The number of hydrogen-bond acceptors (Lipinski definition) is 2. The van der Waals surface area contributed by atoms with Gasteiger partial charge in [-0.15, -0.1) is 0 Å². The van der Waals surface area contributed by atoms with Crippen LogP contribution in [0.4, 0.5) is 11.4 Å². The van der Waals surface area contributed by atoms with E-state index in [1.54, 1.807) is 6.26 Å². The van der Waals surface area contributed by atoms with Gasteiger partial charge in [-0.1, -0.05) is 72.8 Å². The lowest BCUT2D eigenvalue weighted by Gasteiger charge is -2.20. The minimum atomic E-state index is 0.886. The number of hydrogen-bond donors (Lipinski definition) is 0. The van der Waals surface area contributed by atoms with Crippen LogP contribution in [0.1, 0.15) is 0 Å². The van der Waals surface area contributed by atoms with Gasteiger partial charge in [-0.2, -0.15) is 0 Å². The van der Waals surface area contributed by atoms with Crippen molar-refractivity contribution in [1.82, 2.24) is 0 Å². The molecule has 0 saturated heterocycles. The molecular formula is C29H23NO. The van der Waals surface area contributed by atoms with Crippen LogP contribution in [0.2, 0.25) is 0 Å². The third kappa shape index (κ3) is 4.01. The Kier molecular flexibility index (Phi) is 5.12. The van der Waals surface area contributed by atoms with Gasteiger partial charge in [-0.3, -0.25) is 0 Å². The summed E-state index contributed by atoms with van der Waals surface area (Å²) < 4.78 is 5.54. The maximum atomic E-state index is 5.54. The van der Waals surface area contributed by atoms with Gasteiger partial charge in [0, 0.05) is 24.0 Å². The van der Waals surface area contributed by atoms with Gasteiger partial charge in [-0.05, 0) is 64.7 Å². The molecule has 4 aromatic carbocycles. The van der Waals surface area contributed by atoms with Gasteiger partial charge in [0.25, 0.3) is 0 Å². The van der Waals surface area contributed by atoms with Crippen molar-refractivity contribution in [3.8, 4) is 33.6 Å². The van der Waals surface area contributed by atoms with Gasteiger partial charge < -0.3 is 9.32 Å². The molecule has 5 aromatic rings. The van der Waals surface area contributed by atoms with E-state index in [1.165, 1.54) is 22.3 Å². The van der Waals surface area contributed by atoms with E-state index in [4.69, 9.17) is 4.42 Å². The van der Waals surface area contributed by atoms with Gasteiger partial charge in [0.15, 0.2) is 0 Å². The number of furan rings is 1. The topological polar surface area (TPSA) is 16.4 Å². The van der Waals surface area contributed by atoms with E-state index in [1.807, 2.05) is 18.2 Å². The molecule has 2 heteroatoms. The van der Waals surface area contributed by atoms with E-state index >= 15 is 0 Å². The zero-order valence-corrected chi connectivity index (χ0v) is 17.4. The fourth-order valence-electron chi connectivity index (χ4n) is 3.83. The Balaban J connectivity index is 1.36. The molecule has 31 heavy (non-hydrogen) atoms. The Morgan fingerprint density at radius 1 is 0.484 bits per heavy atom. The number of rotatable bonds is 5. The largest absolute Gasteiger partial charge is 0.464 e. The van der Waals surface area contributed by atoms with Gasteiger partial charge in [0.05, 0.1) is 6.26 Å². The molecule has 0 unspecified atom stereocenters. The number of benzene rings is 4. The van der Waals surface area contributed by atoms with E-state index in [0.29, 0.717) is 0 Å². The first kappa shape index (κ1) is 19.0. The SMILES string of the molecule is CN(c1ccc(-c2ccccc2)cc1)c1ccc(-c2cccc(-c3ccco3)c2)cc1. The van der Waals surface area contributed by atoms with Crippen molar-refractivity contribution < 1.29 is 4.42 Å². The van der Waals surface area contributed by atoms with E-state index < -0.39 is 0 Å². The highest BCUT2D eigenvalue weighted by atomic mass is 16.3. The zero-order chi connectivity index (χ0) is 21.0. The normalized spacial score (nSPS) is 10.7. The monoisotopic (exact) mass is 401 g/mol. The van der Waals surface area contributed by atoms with Crippen LogP contribution in [0, 0.1) is 0 Å². The Labute approximate surface area is 183 Å². The average Bonchev–Trinajstić information content (AvgIpc) is 3.40. The van der Waals surface area contributed by atoms with E-state index in [0.717, 1.165) is 22.7 Å². The second kappa shape index (κ2) is 8.37. The van der Waals surface area contributed by atoms with Crippen LogP contribution in [0.25, 0.3) is 33.6 Å². The molecular weight excluding hydrogens is 378 g/mol. The van der Waals surface area contributed by atoms with E-state index in [9.17, 15) is 0 Å². The summed E-state index contributed by atoms with van der Waals surface area (Å²) in [5.41, 5.74) is 8.22. The quantitative estimate of drug-likeness (QED) is 0.296. The minimum absolute atomic E-state index is 0.886. The molecule has 0 spiro atoms. The summed E-state index contributed by atoms with van der Waals surface area (Å²) >= 11 is 0. The number of anilines is 2. The minimum Gasteiger partial charge on any atom is -0.464 e. The Hall–Kier alpha value is -4.04. The average molecular weight is 402 g/mol. The standard InChI is InChI=1S/C29H23NO/c1-30(27-16-12-23(13-17-27)22-7-3-2-4-8-22)28-18-14-24(15-19-28)25-9-5-10-26(21-25)29-11-6-20-31-29/h2-21H,1H3. The summed E-state index contributed by atoms with van der Waals surface area (Å²) in [6.45, 7) is 0. The van der Waals surface area contributed by atoms with Crippen molar-refractivity contribution in [3.05, 3.63) is 122 Å². The van der Waals surface area contributed by atoms with E-state index in [-0.39, 0.29) is 0 Å². The Bertz CT molecular complexity index is 1250. The summed E-state index contributed by atoms with van der Waals surface area (Å²) in [5, 5.41) is 0. The third-order valence-electron chi connectivity index (χ3n) is 5.62. The van der Waals surface area contributed by atoms with Gasteiger partial charge >= 0.3 is 0 Å². The maximum absolute atomic E-state index is 5.54. The maximum Gasteiger partial charge on any atom is 0.133 e. The van der Waals surface area contributed by atoms with Crippen LogP contribution >= 0.6 is 0 Å². The lowest BCUT2D eigenvalue weighted by atomic mass is 10.0. The van der Waals surface area contributed by atoms with Crippen molar-refractivity contribution in [2.75, 3.05) is 11.9 Å². The van der Waals surface area contributed by atoms with Crippen molar-refractivity contribution in [2.24, 2.45) is 0 Å². The summed E-state index contributed by atoms with van der Waals surface area (Å²) in [6, 6.07) is 40.2. The molecule has 5 rings (SSSR count). The van der Waals surface area contributed by atoms with Crippen molar-refractivity contribution in [2.45, 2.75) is 0 Å². The van der Waals surface area contributed by atoms with Crippen LogP contribution in [-0.2, 0) is 0 Å². The summed E-state index contributed by atoms with van der Waals surface area (Å²) in [7, 11) is 2.10. The second-order valence-corrected chi connectivity index (χ2v) is 7.58. The van der Waals surface area contributed by atoms with Crippen LogP contribution in [0.5, 0.6) is 0 Å². The molecule has 0 amide bonds. The fourth-order valence-corrected chi connectivity index (χ4v) is 3.83. The van der Waals surface area contributed by atoms with E-state index in [2.05, 4.69) is 109 Å². The summed E-state index contributed by atoms with van der Waals surface area (Å²) in [5.74, 6) is 0.886. The highest BCUT2D eigenvalue weighted by Gasteiger charge is 2.07. The van der Waals surface area contributed by atoms with Crippen LogP contribution in [-0.4, -0.2) is 7.05 Å². The molecule has 0 aliphatic carbocycles. The van der Waals surface area contributed by atoms with Gasteiger partial charge in [-0.25, -0.2) is 0 Å². The van der Waals surface area contributed by atoms with Crippen LogP contribution in [0.15, 0.2) is 126 Å². The van der Waals surface area contributed by atoms with Crippen molar-refractivity contribution in [3.63, 3.8) is 0 Å². The van der Waals surface area contributed by atoms with Crippen LogP contribution in [0.3, 0.4) is 0 Å². The van der Waals surface area contributed by atoms with Gasteiger partial charge in [0.2, 0.25) is 0 Å². The molecule has 0 radical (unpaired) electrons. The molecule has 0 fully saturated rings. The number of nitrogens with zero attached hydrogens (tertiary/aromatic N) is 1. The zero-order valence-electron chi connectivity index (χ0n) is 17.4. The second-order valence-electron chi connectivity index (χ2n) is 7.58. The molecule has 150 valence electrons.